The summed E-state index contributed by atoms with van der Waals surface area (Å²) in [5, 5.41) is 6.24. The molecule has 4 rings (SSSR count). The van der Waals surface area contributed by atoms with Gasteiger partial charge in [0.15, 0.2) is 0 Å². The van der Waals surface area contributed by atoms with Gasteiger partial charge in [0.2, 0.25) is 5.91 Å². The Kier molecular flexibility index (Phi) is 9.24. The average molecular weight is 554 g/mol. The summed E-state index contributed by atoms with van der Waals surface area (Å²) in [5.41, 5.74) is 0.113. The fourth-order valence-corrected chi connectivity index (χ4v) is 4.21. The predicted molar refractivity (Wildman–Crippen MR) is 148 cm³/mol. The van der Waals surface area contributed by atoms with E-state index in [4.69, 9.17) is 15.9 Å². The van der Waals surface area contributed by atoms with Gasteiger partial charge in [-0.25, -0.2) is 9.97 Å². The summed E-state index contributed by atoms with van der Waals surface area (Å²) in [6.07, 6.45) is 5.83. The third-order valence-corrected chi connectivity index (χ3v) is 6.39. The number of likely N-dealkylation sites (N-methyl/N-ethyl adjacent to an activating group) is 1. The maximum atomic E-state index is 13.4. The van der Waals surface area contributed by atoms with Crippen LogP contribution in [-0.2, 0) is 15.7 Å². The molecule has 1 atom stereocenters. The van der Waals surface area contributed by atoms with Crippen LogP contribution in [0, 0.1) is 12.3 Å². The molecule has 1 saturated heterocycles. The number of ether oxygens (including phenoxy) is 2. The number of halogens is 3. The average Bonchev–Trinajstić information content (AvgIpc) is 3.44. The van der Waals surface area contributed by atoms with Crippen LogP contribution in [0.4, 0.5) is 30.4 Å². The molecule has 3 aromatic rings. The second-order valence-corrected chi connectivity index (χ2v) is 9.13. The highest BCUT2D eigenvalue weighted by Gasteiger charge is 2.31. The molecule has 0 spiro atoms. The zero-order valence-electron chi connectivity index (χ0n) is 22.2. The Hall–Kier alpha value is -4.14. The SMILES string of the molecule is C#Cc1cc(Nc2ncnc3cc(OC4CCOC4)c(NC(=O)C=CCN(CC)CC)cc23)cc(C(F)(F)F)c1. The van der Waals surface area contributed by atoms with Crippen LogP contribution in [0.25, 0.3) is 10.9 Å². The standard InChI is InChI=1S/C29H30F3N5O3/c1-4-19-12-20(29(30,31)32)14-21(13-19)35-28-23-15-25(36-27(38)8-7-10-37(5-2)6-3)26(16-24(23)33-18-34-28)40-22-9-11-39-17-22/h1,7-8,12-16,18,22H,5-6,9-11,17H2,2-3H3,(H,36,38)(H,33,34,35). The lowest BCUT2D eigenvalue weighted by Crippen LogP contribution is -2.23. The number of benzene rings is 2. The van der Waals surface area contributed by atoms with E-state index < -0.39 is 11.7 Å². The topological polar surface area (TPSA) is 88.6 Å². The van der Waals surface area contributed by atoms with Gasteiger partial charge in [-0.1, -0.05) is 25.8 Å². The molecule has 0 aliphatic carbocycles. The van der Waals surface area contributed by atoms with Gasteiger partial charge >= 0.3 is 6.18 Å². The van der Waals surface area contributed by atoms with E-state index in [2.05, 4.69) is 31.4 Å². The zero-order chi connectivity index (χ0) is 28.7. The number of carbonyl (C=O) groups is 1. The van der Waals surface area contributed by atoms with E-state index in [9.17, 15) is 18.0 Å². The summed E-state index contributed by atoms with van der Waals surface area (Å²) >= 11 is 0. The number of carbonyl (C=O) groups excluding carboxylic acids is 1. The molecule has 2 heterocycles. The fourth-order valence-electron chi connectivity index (χ4n) is 4.21. The van der Waals surface area contributed by atoms with Crippen LogP contribution in [0.1, 0.15) is 31.4 Å². The molecule has 1 fully saturated rings. The highest BCUT2D eigenvalue weighted by molar-refractivity contribution is 6.03. The number of nitrogens with one attached hydrogen (secondary N) is 2. The molecule has 1 unspecified atom stereocenters. The highest BCUT2D eigenvalue weighted by Crippen LogP contribution is 2.36. The van der Waals surface area contributed by atoms with Crippen molar-refractivity contribution in [1.29, 1.82) is 0 Å². The number of hydrogen-bond acceptors (Lipinski definition) is 7. The van der Waals surface area contributed by atoms with E-state index in [0.717, 1.165) is 25.2 Å². The Morgan fingerprint density at radius 2 is 2.02 bits per heavy atom. The summed E-state index contributed by atoms with van der Waals surface area (Å²) in [7, 11) is 0. The van der Waals surface area contributed by atoms with E-state index in [1.165, 1.54) is 18.5 Å². The monoisotopic (exact) mass is 553 g/mol. The van der Waals surface area contributed by atoms with Crippen LogP contribution in [0.3, 0.4) is 0 Å². The lowest BCUT2D eigenvalue weighted by molar-refractivity contribution is -0.137. The summed E-state index contributed by atoms with van der Waals surface area (Å²) in [5.74, 6) is 2.52. The van der Waals surface area contributed by atoms with Gasteiger partial charge in [0.05, 0.1) is 30.0 Å². The summed E-state index contributed by atoms with van der Waals surface area (Å²) in [6, 6.07) is 6.57. The summed E-state index contributed by atoms with van der Waals surface area (Å²) in [4.78, 5) is 23.5. The number of alkyl halides is 3. The van der Waals surface area contributed by atoms with Crippen molar-refractivity contribution in [2.24, 2.45) is 0 Å². The molecule has 40 heavy (non-hydrogen) atoms. The number of fused-ring (bicyclic) bond motifs is 1. The Balaban J connectivity index is 1.69. The van der Waals surface area contributed by atoms with E-state index in [1.807, 2.05) is 13.8 Å². The van der Waals surface area contributed by atoms with Crippen LogP contribution in [0.2, 0.25) is 0 Å². The Bertz CT molecular complexity index is 1420. The van der Waals surface area contributed by atoms with Crippen molar-refractivity contribution >= 4 is 34.0 Å². The molecule has 2 aromatic carbocycles. The maximum Gasteiger partial charge on any atom is 0.416 e. The van der Waals surface area contributed by atoms with Crippen molar-refractivity contribution in [2.45, 2.75) is 32.5 Å². The van der Waals surface area contributed by atoms with E-state index in [0.29, 0.717) is 48.5 Å². The first-order valence-electron chi connectivity index (χ1n) is 12.9. The third kappa shape index (κ3) is 7.28. The van der Waals surface area contributed by atoms with Crippen molar-refractivity contribution in [3.05, 3.63) is 59.9 Å². The number of aromatic nitrogens is 2. The lowest BCUT2D eigenvalue weighted by Gasteiger charge is -2.18. The molecule has 11 heteroatoms. The summed E-state index contributed by atoms with van der Waals surface area (Å²) < 4.78 is 51.9. The largest absolute Gasteiger partial charge is 0.486 e. The maximum absolute atomic E-state index is 13.4. The van der Waals surface area contributed by atoms with Crippen LogP contribution in [0.15, 0.2) is 48.8 Å². The van der Waals surface area contributed by atoms with E-state index in [-0.39, 0.29) is 29.1 Å². The molecule has 2 N–H and O–H groups in total. The molecule has 1 aliphatic heterocycles. The molecule has 210 valence electrons. The Morgan fingerprint density at radius 1 is 1.23 bits per heavy atom. The van der Waals surface area contributed by atoms with Crippen molar-refractivity contribution in [1.82, 2.24) is 14.9 Å². The van der Waals surface area contributed by atoms with Crippen LogP contribution in [0.5, 0.6) is 5.75 Å². The summed E-state index contributed by atoms with van der Waals surface area (Å²) in [6.45, 7) is 7.42. The van der Waals surface area contributed by atoms with Gasteiger partial charge in [-0.15, -0.1) is 6.42 Å². The van der Waals surface area contributed by atoms with E-state index in [1.54, 1.807) is 18.2 Å². The van der Waals surface area contributed by atoms with Gasteiger partial charge in [-0.3, -0.25) is 4.79 Å². The van der Waals surface area contributed by atoms with Gasteiger partial charge in [0, 0.05) is 41.7 Å². The first-order valence-corrected chi connectivity index (χ1v) is 12.9. The normalized spacial score (nSPS) is 15.5. The van der Waals surface area contributed by atoms with Crippen molar-refractivity contribution < 1.29 is 27.4 Å². The highest BCUT2D eigenvalue weighted by atomic mass is 19.4. The van der Waals surface area contributed by atoms with Gasteiger partial charge in [0.1, 0.15) is 24.0 Å². The first-order chi connectivity index (χ1) is 19.2. The van der Waals surface area contributed by atoms with Gasteiger partial charge in [-0.05, 0) is 37.4 Å². The molecule has 0 bridgehead atoms. The molecule has 0 radical (unpaired) electrons. The molecular formula is C29H30F3N5O3. The Labute approximate surface area is 230 Å². The number of anilines is 3. The second kappa shape index (κ2) is 12.8. The second-order valence-electron chi connectivity index (χ2n) is 9.13. The number of terminal acetylenes is 1. The minimum atomic E-state index is -4.58. The smallest absolute Gasteiger partial charge is 0.416 e. The van der Waals surface area contributed by atoms with Crippen molar-refractivity contribution in [2.75, 3.05) is 43.5 Å². The van der Waals surface area contributed by atoms with Gasteiger partial charge in [0.25, 0.3) is 0 Å². The van der Waals surface area contributed by atoms with Crippen molar-refractivity contribution in [3.8, 4) is 18.1 Å². The zero-order valence-corrected chi connectivity index (χ0v) is 22.2. The quantitative estimate of drug-likeness (QED) is 0.258. The number of hydrogen-bond donors (Lipinski definition) is 2. The third-order valence-electron chi connectivity index (χ3n) is 6.39. The Morgan fingerprint density at radius 3 is 2.70 bits per heavy atom. The molecule has 1 amide bonds. The van der Waals surface area contributed by atoms with E-state index >= 15 is 0 Å². The van der Waals surface area contributed by atoms with Crippen molar-refractivity contribution in [3.63, 3.8) is 0 Å². The van der Waals surface area contributed by atoms with Crippen LogP contribution in [-0.4, -0.2) is 59.7 Å². The molecule has 1 aromatic heterocycles. The lowest BCUT2D eigenvalue weighted by atomic mass is 10.1. The number of nitrogens with zero attached hydrogens (tertiary/aromatic N) is 3. The number of amides is 1. The van der Waals surface area contributed by atoms with Gasteiger partial charge < -0.3 is 25.0 Å². The van der Waals surface area contributed by atoms with Crippen LogP contribution >= 0.6 is 0 Å². The molecular weight excluding hydrogens is 523 g/mol. The van der Waals surface area contributed by atoms with Crippen LogP contribution < -0.4 is 15.4 Å². The molecule has 0 saturated carbocycles. The molecule has 8 nitrogen and oxygen atoms in total. The first kappa shape index (κ1) is 28.9. The number of rotatable bonds is 10. The van der Waals surface area contributed by atoms with Gasteiger partial charge in [-0.2, -0.15) is 13.2 Å². The minimum Gasteiger partial charge on any atom is -0.486 e. The fraction of sp³-hybridized carbons (Fsp3) is 0.345. The predicted octanol–water partition coefficient (Wildman–Crippen LogP) is 5.38. The minimum absolute atomic E-state index is 0.0645. The molecule has 1 aliphatic rings.